The first-order valence-electron chi connectivity index (χ1n) is 7.41. The zero-order chi connectivity index (χ0) is 19.7. The van der Waals surface area contributed by atoms with Crippen LogP contribution in [0.5, 0.6) is 11.6 Å². The number of aromatic hydroxyl groups is 2. The second-order valence-electron chi connectivity index (χ2n) is 5.40. The molecule has 0 spiro atoms. The summed E-state index contributed by atoms with van der Waals surface area (Å²) in [4.78, 5) is 10.2. The average Bonchev–Trinajstić information content (AvgIpc) is 2.90. The third-order valence-corrected chi connectivity index (χ3v) is 4.12. The number of nitro groups is 1. The lowest BCUT2D eigenvalue weighted by Crippen LogP contribution is -1.97. The van der Waals surface area contributed by atoms with E-state index < -0.39 is 4.92 Å². The second kappa shape index (κ2) is 7.22. The van der Waals surface area contributed by atoms with E-state index in [1.54, 1.807) is 19.1 Å². The first-order valence-corrected chi connectivity index (χ1v) is 8.16. The van der Waals surface area contributed by atoms with Crippen molar-refractivity contribution in [2.24, 2.45) is 10.2 Å². The highest BCUT2D eigenvalue weighted by Crippen LogP contribution is 2.38. The van der Waals surface area contributed by atoms with Crippen LogP contribution in [0.3, 0.4) is 0 Å². The molecule has 27 heavy (non-hydrogen) atoms. The van der Waals surface area contributed by atoms with E-state index in [-0.39, 0.29) is 28.7 Å². The van der Waals surface area contributed by atoms with Crippen molar-refractivity contribution in [1.29, 1.82) is 0 Å². The van der Waals surface area contributed by atoms with Gasteiger partial charge in [-0.3, -0.25) is 10.1 Å². The maximum atomic E-state index is 10.8. The van der Waals surface area contributed by atoms with Gasteiger partial charge in [0.15, 0.2) is 5.69 Å². The molecule has 0 aliphatic rings. The highest BCUT2D eigenvalue weighted by Gasteiger charge is 2.18. The molecule has 0 bridgehead atoms. The molecule has 1 heterocycles. The van der Waals surface area contributed by atoms with Crippen LogP contribution in [-0.4, -0.2) is 24.9 Å². The molecule has 138 valence electrons. The van der Waals surface area contributed by atoms with Crippen molar-refractivity contribution >= 4 is 40.3 Å². The van der Waals surface area contributed by atoms with E-state index in [0.29, 0.717) is 21.4 Å². The highest BCUT2D eigenvalue weighted by atomic mass is 35.5. The maximum absolute atomic E-state index is 10.8. The molecule has 0 aliphatic heterocycles. The fourth-order valence-electron chi connectivity index (χ4n) is 2.25. The van der Waals surface area contributed by atoms with E-state index in [0.717, 1.165) is 22.9 Å². The summed E-state index contributed by atoms with van der Waals surface area (Å²) >= 11 is 12.1. The van der Waals surface area contributed by atoms with E-state index in [2.05, 4.69) is 15.3 Å². The number of rotatable bonds is 4. The number of benzene rings is 2. The van der Waals surface area contributed by atoms with Gasteiger partial charge >= 0.3 is 0 Å². The lowest BCUT2D eigenvalue weighted by atomic mass is 10.2. The summed E-state index contributed by atoms with van der Waals surface area (Å²) in [5.74, 6) is -0.655. The molecule has 0 aliphatic carbocycles. The standard InChI is InChI=1S/C16H11Cl2N5O4/c1-8-15(20-19-12-7-10(23(26)27)3-5-14(12)24)16(25)22(21-8)13-6-9(17)2-4-11(13)18/h2-7,24-25H,1H3/b20-19+. The first kappa shape index (κ1) is 18.6. The van der Waals surface area contributed by atoms with Crippen LogP contribution in [0.4, 0.5) is 17.1 Å². The number of hydrogen-bond acceptors (Lipinski definition) is 7. The third-order valence-electron chi connectivity index (χ3n) is 3.57. The zero-order valence-electron chi connectivity index (χ0n) is 13.7. The van der Waals surface area contributed by atoms with Crippen LogP contribution in [0.1, 0.15) is 5.69 Å². The molecule has 0 saturated heterocycles. The van der Waals surface area contributed by atoms with Crippen LogP contribution in [0.25, 0.3) is 5.69 Å². The molecule has 0 fully saturated rings. The minimum Gasteiger partial charge on any atom is -0.506 e. The summed E-state index contributed by atoms with van der Waals surface area (Å²) in [7, 11) is 0. The van der Waals surface area contributed by atoms with Gasteiger partial charge in [-0.2, -0.15) is 9.78 Å². The number of aryl methyl sites for hydroxylation is 1. The van der Waals surface area contributed by atoms with Gasteiger partial charge in [0.2, 0.25) is 5.88 Å². The van der Waals surface area contributed by atoms with Crippen LogP contribution >= 0.6 is 23.2 Å². The number of phenols is 1. The van der Waals surface area contributed by atoms with Gasteiger partial charge in [-0.25, -0.2) is 0 Å². The minimum absolute atomic E-state index is 0.0111. The SMILES string of the molecule is Cc1nn(-c2cc(Cl)ccc2Cl)c(O)c1/N=N/c1cc([N+](=O)[O-])ccc1O. The van der Waals surface area contributed by atoms with Crippen molar-refractivity contribution in [3.8, 4) is 17.3 Å². The van der Waals surface area contributed by atoms with Crippen LogP contribution in [0, 0.1) is 17.0 Å². The Morgan fingerprint density at radius 1 is 1.15 bits per heavy atom. The predicted octanol–water partition coefficient (Wildman–Crippen LogP) is 5.22. The Bertz CT molecular complexity index is 1080. The summed E-state index contributed by atoms with van der Waals surface area (Å²) in [6.07, 6.45) is 0. The number of phenolic OH excluding ortho intramolecular Hbond substituents is 1. The molecule has 0 atom stereocenters. The number of aromatic nitrogens is 2. The van der Waals surface area contributed by atoms with E-state index >= 15 is 0 Å². The number of azo groups is 1. The van der Waals surface area contributed by atoms with E-state index in [1.807, 2.05) is 0 Å². The van der Waals surface area contributed by atoms with Gasteiger partial charge in [0.25, 0.3) is 5.69 Å². The Morgan fingerprint density at radius 3 is 2.59 bits per heavy atom. The summed E-state index contributed by atoms with van der Waals surface area (Å²) < 4.78 is 1.14. The number of nitrogens with zero attached hydrogens (tertiary/aromatic N) is 5. The molecular weight excluding hydrogens is 397 g/mol. The Kier molecular flexibility index (Phi) is 4.98. The summed E-state index contributed by atoms with van der Waals surface area (Å²) in [5, 5.41) is 43.6. The maximum Gasteiger partial charge on any atom is 0.271 e. The van der Waals surface area contributed by atoms with E-state index in [4.69, 9.17) is 23.2 Å². The normalized spacial score (nSPS) is 11.2. The van der Waals surface area contributed by atoms with Crippen molar-refractivity contribution in [2.75, 3.05) is 0 Å². The summed E-state index contributed by atoms with van der Waals surface area (Å²) in [6, 6.07) is 7.99. The Labute approximate surface area is 162 Å². The quantitative estimate of drug-likeness (QED) is 0.348. The van der Waals surface area contributed by atoms with Crippen LogP contribution in [-0.2, 0) is 0 Å². The lowest BCUT2D eigenvalue weighted by molar-refractivity contribution is -0.384. The van der Waals surface area contributed by atoms with E-state index in [9.17, 15) is 20.3 Å². The van der Waals surface area contributed by atoms with Crippen LogP contribution in [0.2, 0.25) is 10.0 Å². The summed E-state index contributed by atoms with van der Waals surface area (Å²) in [5.41, 5.74) is 0.277. The topological polar surface area (TPSA) is 126 Å². The van der Waals surface area contributed by atoms with Crippen molar-refractivity contribution in [1.82, 2.24) is 9.78 Å². The van der Waals surface area contributed by atoms with Gasteiger partial charge in [0.05, 0.1) is 21.3 Å². The van der Waals surface area contributed by atoms with Gasteiger partial charge in [0.1, 0.15) is 11.4 Å². The Morgan fingerprint density at radius 2 is 1.89 bits per heavy atom. The molecule has 0 unspecified atom stereocenters. The van der Waals surface area contributed by atoms with Crippen molar-refractivity contribution in [2.45, 2.75) is 6.92 Å². The molecule has 9 nitrogen and oxygen atoms in total. The largest absolute Gasteiger partial charge is 0.506 e. The molecule has 3 rings (SSSR count). The fraction of sp³-hybridized carbons (Fsp3) is 0.0625. The molecule has 0 amide bonds. The number of non-ortho nitro benzene ring substituents is 1. The molecular formula is C16H11Cl2N5O4. The lowest BCUT2D eigenvalue weighted by Gasteiger charge is -2.05. The van der Waals surface area contributed by atoms with Gasteiger partial charge in [-0.05, 0) is 31.2 Å². The Balaban J connectivity index is 2.03. The highest BCUT2D eigenvalue weighted by molar-refractivity contribution is 6.34. The monoisotopic (exact) mass is 407 g/mol. The Hall–Kier alpha value is -3.17. The second-order valence-corrected chi connectivity index (χ2v) is 6.24. The smallest absolute Gasteiger partial charge is 0.271 e. The van der Waals surface area contributed by atoms with Crippen LogP contribution < -0.4 is 0 Å². The van der Waals surface area contributed by atoms with Crippen molar-refractivity contribution in [3.63, 3.8) is 0 Å². The molecule has 2 N–H and O–H groups in total. The first-order chi connectivity index (χ1) is 12.8. The molecule has 0 radical (unpaired) electrons. The van der Waals surface area contributed by atoms with Crippen molar-refractivity contribution in [3.05, 3.63) is 62.3 Å². The predicted molar refractivity (Wildman–Crippen MR) is 98.9 cm³/mol. The van der Waals surface area contributed by atoms with Gasteiger partial charge in [0, 0.05) is 17.2 Å². The average molecular weight is 408 g/mol. The third kappa shape index (κ3) is 3.69. The molecule has 0 saturated carbocycles. The number of halogens is 2. The van der Waals surface area contributed by atoms with Crippen LogP contribution in [0.15, 0.2) is 46.6 Å². The number of hydrogen-bond donors (Lipinski definition) is 2. The molecule has 1 aromatic heterocycles. The molecule has 11 heteroatoms. The summed E-state index contributed by atoms with van der Waals surface area (Å²) in [6.45, 7) is 1.58. The molecule has 3 aromatic rings. The van der Waals surface area contributed by atoms with Crippen molar-refractivity contribution < 1.29 is 15.1 Å². The molecule has 2 aromatic carbocycles. The fourth-order valence-corrected chi connectivity index (χ4v) is 2.61. The van der Waals surface area contributed by atoms with Gasteiger partial charge in [-0.15, -0.1) is 10.2 Å². The van der Waals surface area contributed by atoms with E-state index in [1.165, 1.54) is 6.07 Å². The zero-order valence-corrected chi connectivity index (χ0v) is 15.2. The van der Waals surface area contributed by atoms with Gasteiger partial charge in [-0.1, -0.05) is 23.2 Å². The minimum atomic E-state index is -0.625. The van der Waals surface area contributed by atoms with Gasteiger partial charge < -0.3 is 10.2 Å². The number of nitro benzene ring substituents is 1.